The molecular weight excluding hydrogens is 128 g/mol. The molecule has 10 heavy (non-hydrogen) atoms. The van der Waals surface area contributed by atoms with E-state index in [4.69, 9.17) is 0 Å². The third kappa shape index (κ3) is 0.789. The SMILES string of the molecule is OC1CC2CCCC1C2O. The standard InChI is InChI=1S/C8H14O2/c9-7-4-5-2-1-3-6(7)8(5)10/h5-10H,1-4H2. The summed E-state index contributed by atoms with van der Waals surface area (Å²) in [7, 11) is 0. The molecule has 2 fully saturated rings. The maximum atomic E-state index is 9.52. The average molecular weight is 142 g/mol. The van der Waals surface area contributed by atoms with Gasteiger partial charge in [-0.25, -0.2) is 0 Å². The predicted octanol–water partition coefficient (Wildman–Crippen LogP) is 0.528. The van der Waals surface area contributed by atoms with Gasteiger partial charge in [-0.15, -0.1) is 0 Å². The fraction of sp³-hybridized carbons (Fsp3) is 1.00. The maximum absolute atomic E-state index is 9.52. The minimum Gasteiger partial charge on any atom is -0.393 e. The van der Waals surface area contributed by atoms with E-state index in [0.717, 1.165) is 19.3 Å². The van der Waals surface area contributed by atoms with Crippen molar-refractivity contribution in [2.75, 3.05) is 0 Å². The monoisotopic (exact) mass is 142 g/mol. The van der Waals surface area contributed by atoms with Gasteiger partial charge in [0.2, 0.25) is 0 Å². The van der Waals surface area contributed by atoms with Crippen molar-refractivity contribution in [2.45, 2.75) is 37.9 Å². The van der Waals surface area contributed by atoms with E-state index in [0.29, 0.717) is 5.92 Å². The normalized spacial score (nSPS) is 53.4. The van der Waals surface area contributed by atoms with Crippen molar-refractivity contribution in [1.29, 1.82) is 0 Å². The van der Waals surface area contributed by atoms with Crippen LogP contribution >= 0.6 is 0 Å². The van der Waals surface area contributed by atoms with Gasteiger partial charge in [-0.2, -0.15) is 0 Å². The summed E-state index contributed by atoms with van der Waals surface area (Å²) in [4.78, 5) is 0. The molecule has 4 atom stereocenters. The smallest absolute Gasteiger partial charge is 0.0622 e. The van der Waals surface area contributed by atoms with Gasteiger partial charge < -0.3 is 10.2 Å². The topological polar surface area (TPSA) is 40.5 Å². The van der Waals surface area contributed by atoms with Gasteiger partial charge in [-0.3, -0.25) is 0 Å². The van der Waals surface area contributed by atoms with Gasteiger partial charge in [-0.1, -0.05) is 6.42 Å². The third-order valence-corrected chi connectivity index (χ3v) is 3.07. The van der Waals surface area contributed by atoms with Crippen LogP contribution in [0.2, 0.25) is 0 Å². The van der Waals surface area contributed by atoms with Crippen LogP contribution < -0.4 is 0 Å². The third-order valence-electron chi connectivity index (χ3n) is 3.07. The molecule has 4 unspecified atom stereocenters. The fourth-order valence-electron chi connectivity index (χ4n) is 2.47. The van der Waals surface area contributed by atoms with Crippen molar-refractivity contribution in [2.24, 2.45) is 11.8 Å². The Bertz CT molecular complexity index is 135. The second-order valence-electron chi connectivity index (χ2n) is 3.65. The van der Waals surface area contributed by atoms with Crippen LogP contribution in [0.5, 0.6) is 0 Å². The Hall–Kier alpha value is -0.0800. The molecule has 0 saturated heterocycles. The van der Waals surface area contributed by atoms with Crippen LogP contribution in [0.4, 0.5) is 0 Å². The quantitative estimate of drug-likeness (QED) is 0.518. The lowest BCUT2D eigenvalue weighted by molar-refractivity contribution is 0.0298. The highest BCUT2D eigenvalue weighted by molar-refractivity contribution is 4.94. The van der Waals surface area contributed by atoms with Crippen LogP contribution in [0.15, 0.2) is 0 Å². The summed E-state index contributed by atoms with van der Waals surface area (Å²) in [5, 5.41) is 18.9. The number of aliphatic hydroxyl groups is 2. The second kappa shape index (κ2) is 2.21. The maximum Gasteiger partial charge on any atom is 0.0622 e. The number of hydrogen-bond donors (Lipinski definition) is 2. The molecule has 0 aromatic rings. The van der Waals surface area contributed by atoms with E-state index in [9.17, 15) is 10.2 Å². The van der Waals surface area contributed by atoms with Crippen LogP contribution in [-0.4, -0.2) is 22.4 Å². The lowest BCUT2D eigenvalue weighted by atomic mass is 9.86. The molecule has 2 heteroatoms. The minimum absolute atomic E-state index is 0.191. The number of rotatable bonds is 0. The summed E-state index contributed by atoms with van der Waals surface area (Å²) < 4.78 is 0. The van der Waals surface area contributed by atoms with E-state index < -0.39 is 0 Å². The van der Waals surface area contributed by atoms with E-state index in [-0.39, 0.29) is 18.1 Å². The summed E-state index contributed by atoms with van der Waals surface area (Å²) in [6.07, 6.45) is 3.79. The largest absolute Gasteiger partial charge is 0.393 e. The first-order valence-electron chi connectivity index (χ1n) is 4.15. The molecule has 0 aliphatic heterocycles. The Balaban J connectivity index is 2.14. The Labute approximate surface area is 60.9 Å². The summed E-state index contributed by atoms with van der Waals surface area (Å²) in [6, 6.07) is 0. The molecule has 0 radical (unpaired) electrons. The van der Waals surface area contributed by atoms with Crippen molar-refractivity contribution >= 4 is 0 Å². The lowest BCUT2D eigenvalue weighted by Crippen LogP contribution is -2.28. The van der Waals surface area contributed by atoms with Gasteiger partial charge in [0, 0.05) is 5.92 Å². The molecule has 0 aromatic heterocycles. The fourth-order valence-corrected chi connectivity index (χ4v) is 2.47. The molecular formula is C8H14O2. The summed E-state index contributed by atoms with van der Waals surface area (Å²) in [5.74, 6) is 0.618. The predicted molar refractivity (Wildman–Crippen MR) is 37.5 cm³/mol. The van der Waals surface area contributed by atoms with Crippen molar-refractivity contribution in [3.63, 3.8) is 0 Å². The van der Waals surface area contributed by atoms with Crippen LogP contribution in [0.1, 0.15) is 25.7 Å². The minimum atomic E-state index is -0.206. The molecule has 0 aromatic carbocycles. The van der Waals surface area contributed by atoms with Gasteiger partial charge in [0.15, 0.2) is 0 Å². The highest BCUT2D eigenvalue weighted by atomic mass is 16.3. The van der Waals surface area contributed by atoms with Gasteiger partial charge in [0.25, 0.3) is 0 Å². The second-order valence-corrected chi connectivity index (χ2v) is 3.65. The molecule has 2 aliphatic rings. The molecule has 2 nitrogen and oxygen atoms in total. The van der Waals surface area contributed by atoms with E-state index in [2.05, 4.69) is 0 Å². The Morgan fingerprint density at radius 3 is 2.50 bits per heavy atom. The van der Waals surface area contributed by atoms with Crippen molar-refractivity contribution in [1.82, 2.24) is 0 Å². The van der Waals surface area contributed by atoms with E-state index in [1.165, 1.54) is 6.42 Å². The van der Waals surface area contributed by atoms with Crippen LogP contribution in [0.3, 0.4) is 0 Å². The van der Waals surface area contributed by atoms with Gasteiger partial charge in [0.05, 0.1) is 12.2 Å². The number of aliphatic hydroxyl groups excluding tert-OH is 2. The molecule has 0 heterocycles. The average Bonchev–Trinajstić information content (AvgIpc) is 2.16. The molecule has 58 valence electrons. The Morgan fingerprint density at radius 2 is 1.90 bits per heavy atom. The van der Waals surface area contributed by atoms with Crippen molar-refractivity contribution in [3.05, 3.63) is 0 Å². The molecule has 2 bridgehead atoms. The molecule has 2 N–H and O–H groups in total. The highest BCUT2D eigenvalue weighted by Gasteiger charge is 2.43. The first-order valence-corrected chi connectivity index (χ1v) is 4.15. The zero-order valence-electron chi connectivity index (χ0n) is 6.03. The van der Waals surface area contributed by atoms with Gasteiger partial charge in [0.1, 0.15) is 0 Å². The highest BCUT2D eigenvalue weighted by Crippen LogP contribution is 2.42. The molecule has 2 rings (SSSR count). The van der Waals surface area contributed by atoms with E-state index in [1.54, 1.807) is 0 Å². The Morgan fingerprint density at radius 1 is 1.10 bits per heavy atom. The number of hydrogen-bond acceptors (Lipinski definition) is 2. The lowest BCUT2D eigenvalue weighted by Gasteiger charge is -2.25. The Kier molecular flexibility index (Phi) is 1.46. The zero-order valence-corrected chi connectivity index (χ0v) is 6.03. The van der Waals surface area contributed by atoms with Crippen LogP contribution in [0.25, 0.3) is 0 Å². The van der Waals surface area contributed by atoms with Crippen LogP contribution in [-0.2, 0) is 0 Å². The molecule has 2 saturated carbocycles. The van der Waals surface area contributed by atoms with Gasteiger partial charge >= 0.3 is 0 Å². The van der Waals surface area contributed by atoms with E-state index >= 15 is 0 Å². The summed E-state index contributed by atoms with van der Waals surface area (Å²) in [5.41, 5.74) is 0. The van der Waals surface area contributed by atoms with Crippen molar-refractivity contribution < 1.29 is 10.2 Å². The van der Waals surface area contributed by atoms with Gasteiger partial charge in [-0.05, 0) is 25.2 Å². The number of fused-ring (bicyclic) bond motifs is 2. The zero-order chi connectivity index (χ0) is 7.14. The van der Waals surface area contributed by atoms with Crippen molar-refractivity contribution in [3.8, 4) is 0 Å². The molecule has 0 spiro atoms. The summed E-state index contributed by atoms with van der Waals surface area (Å²) >= 11 is 0. The van der Waals surface area contributed by atoms with Crippen LogP contribution in [0, 0.1) is 11.8 Å². The van der Waals surface area contributed by atoms with E-state index in [1.807, 2.05) is 0 Å². The molecule has 2 aliphatic carbocycles. The molecule has 0 amide bonds. The summed E-state index contributed by atoms with van der Waals surface area (Å²) in [6.45, 7) is 0. The first-order chi connectivity index (χ1) is 4.79. The first kappa shape index (κ1) is 6.62.